The lowest BCUT2D eigenvalue weighted by molar-refractivity contribution is 0.0935. The van der Waals surface area contributed by atoms with Gasteiger partial charge in [-0.2, -0.15) is 5.10 Å². The Labute approximate surface area is 182 Å². The quantitative estimate of drug-likeness (QED) is 0.363. The van der Waals surface area contributed by atoms with Crippen LogP contribution >= 0.6 is 0 Å². The Morgan fingerprint density at radius 2 is 2.00 bits per heavy atom. The van der Waals surface area contributed by atoms with Gasteiger partial charge in [0.15, 0.2) is 0 Å². The molecule has 3 aromatic heterocycles. The summed E-state index contributed by atoms with van der Waals surface area (Å²) >= 11 is 0. The minimum absolute atomic E-state index is 0.266. The van der Waals surface area contributed by atoms with E-state index in [1.165, 1.54) is 0 Å². The van der Waals surface area contributed by atoms with Crippen LogP contribution in [-0.4, -0.2) is 30.6 Å². The van der Waals surface area contributed by atoms with E-state index in [0.29, 0.717) is 6.54 Å². The highest BCUT2D eigenvalue weighted by molar-refractivity contribution is 5.97. The Hall–Kier alpha value is -4.47. The molecule has 5 N–H and O–H groups in total. The highest BCUT2D eigenvalue weighted by atomic mass is 16.2. The second-order valence-electron chi connectivity index (χ2n) is 7.27. The lowest BCUT2D eigenvalue weighted by Crippen LogP contribution is -2.34. The van der Waals surface area contributed by atoms with Crippen molar-refractivity contribution in [2.75, 3.05) is 5.73 Å². The molecule has 0 spiro atoms. The summed E-state index contributed by atoms with van der Waals surface area (Å²) in [5.74, 6) is -0.646. The maximum Gasteiger partial charge on any atom is 0.326 e. The molecule has 1 aromatic carbocycles. The van der Waals surface area contributed by atoms with Crippen LogP contribution in [0.3, 0.4) is 0 Å². The van der Waals surface area contributed by atoms with E-state index in [2.05, 4.69) is 20.4 Å². The van der Waals surface area contributed by atoms with E-state index < -0.39 is 23.2 Å². The standard InChI is InChI=1S/C22H21N7O3/c1-13(26-21(31)19-18(23)20(30)28-22(32)27-19)14-5-4-6-15(9-14)16-10-25-29(11-16)12-17-7-2-3-8-24-17/h2-11,13H,12,23H2,1H3,(H,26,31)(H2,27,28,30,32). The number of carbonyl (C=O) groups is 1. The van der Waals surface area contributed by atoms with E-state index in [1.807, 2.05) is 58.3 Å². The van der Waals surface area contributed by atoms with Gasteiger partial charge in [-0.15, -0.1) is 0 Å². The fraction of sp³-hybridized carbons (Fsp3) is 0.136. The largest absolute Gasteiger partial charge is 0.392 e. The fourth-order valence-electron chi connectivity index (χ4n) is 3.27. The predicted molar refractivity (Wildman–Crippen MR) is 119 cm³/mol. The van der Waals surface area contributed by atoms with E-state index in [-0.39, 0.29) is 11.4 Å². The number of amides is 1. The number of hydrogen-bond acceptors (Lipinski definition) is 6. The fourth-order valence-corrected chi connectivity index (χ4v) is 3.27. The molecule has 1 amide bonds. The molecule has 1 unspecified atom stereocenters. The van der Waals surface area contributed by atoms with E-state index in [0.717, 1.165) is 22.4 Å². The first-order valence-electron chi connectivity index (χ1n) is 9.86. The molecule has 1 atom stereocenters. The van der Waals surface area contributed by atoms with Crippen LogP contribution < -0.4 is 22.3 Å². The van der Waals surface area contributed by atoms with Gasteiger partial charge in [0.25, 0.3) is 11.5 Å². The molecule has 0 fully saturated rings. The Bertz CT molecular complexity index is 1370. The maximum absolute atomic E-state index is 12.6. The molecule has 3 heterocycles. The monoisotopic (exact) mass is 431 g/mol. The average molecular weight is 431 g/mol. The Morgan fingerprint density at radius 3 is 2.78 bits per heavy atom. The van der Waals surface area contributed by atoms with Gasteiger partial charge in [-0.1, -0.05) is 24.3 Å². The molecule has 10 nitrogen and oxygen atoms in total. The summed E-state index contributed by atoms with van der Waals surface area (Å²) in [4.78, 5) is 44.2. The van der Waals surface area contributed by atoms with Crippen molar-refractivity contribution in [3.63, 3.8) is 0 Å². The van der Waals surface area contributed by atoms with Gasteiger partial charge in [-0.3, -0.25) is 24.2 Å². The molecule has 0 saturated heterocycles. The lowest BCUT2D eigenvalue weighted by Gasteiger charge is -2.15. The van der Waals surface area contributed by atoms with Crippen LogP contribution in [0.4, 0.5) is 5.69 Å². The van der Waals surface area contributed by atoms with Crippen molar-refractivity contribution >= 4 is 11.6 Å². The number of aromatic amines is 2. The van der Waals surface area contributed by atoms with Crippen molar-refractivity contribution in [2.24, 2.45) is 0 Å². The van der Waals surface area contributed by atoms with Crippen LogP contribution in [-0.2, 0) is 6.54 Å². The maximum atomic E-state index is 12.6. The van der Waals surface area contributed by atoms with Crippen LogP contribution in [0.5, 0.6) is 0 Å². The lowest BCUT2D eigenvalue weighted by atomic mass is 10.0. The van der Waals surface area contributed by atoms with Gasteiger partial charge in [-0.05, 0) is 36.2 Å². The molecule has 0 saturated carbocycles. The van der Waals surface area contributed by atoms with E-state index in [9.17, 15) is 14.4 Å². The number of benzene rings is 1. The zero-order valence-corrected chi connectivity index (χ0v) is 17.2. The highest BCUT2D eigenvalue weighted by Gasteiger charge is 2.17. The molecule has 162 valence electrons. The molecule has 0 radical (unpaired) electrons. The SMILES string of the molecule is CC(NC(=O)c1[nH]c(=O)[nH]c(=O)c1N)c1cccc(-c2cnn(Cc3ccccn3)c2)c1. The number of anilines is 1. The first-order chi connectivity index (χ1) is 15.4. The number of nitrogens with one attached hydrogen (secondary N) is 3. The molecule has 10 heteroatoms. The van der Waals surface area contributed by atoms with E-state index in [4.69, 9.17) is 5.73 Å². The number of rotatable bonds is 6. The van der Waals surface area contributed by atoms with Crippen molar-refractivity contribution in [2.45, 2.75) is 19.5 Å². The highest BCUT2D eigenvalue weighted by Crippen LogP contribution is 2.23. The van der Waals surface area contributed by atoms with Crippen LogP contribution in [0.25, 0.3) is 11.1 Å². The second kappa shape index (κ2) is 8.72. The molecule has 0 bridgehead atoms. The van der Waals surface area contributed by atoms with E-state index in [1.54, 1.807) is 19.3 Å². The summed E-state index contributed by atoms with van der Waals surface area (Å²) in [6.07, 6.45) is 5.44. The number of H-pyrrole nitrogens is 2. The summed E-state index contributed by atoms with van der Waals surface area (Å²) in [7, 11) is 0. The minimum Gasteiger partial charge on any atom is -0.392 e. The molecule has 0 aliphatic rings. The Kier molecular flexibility index (Phi) is 5.67. The van der Waals surface area contributed by atoms with Gasteiger partial charge < -0.3 is 16.0 Å². The number of nitrogen functional groups attached to an aromatic ring is 1. The van der Waals surface area contributed by atoms with Crippen LogP contribution in [0.2, 0.25) is 0 Å². The average Bonchev–Trinajstić information content (AvgIpc) is 3.25. The van der Waals surface area contributed by atoms with Crippen molar-refractivity contribution in [3.05, 3.63) is 98.8 Å². The summed E-state index contributed by atoms with van der Waals surface area (Å²) in [5, 5.41) is 7.16. The minimum atomic E-state index is -0.809. The smallest absolute Gasteiger partial charge is 0.326 e. The molecule has 0 aliphatic carbocycles. The molecular weight excluding hydrogens is 410 g/mol. The number of pyridine rings is 1. The third-order valence-electron chi connectivity index (χ3n) is 4.96. The van der Waals surface area contributed by atoms with Crippen molar-refractivity contribution in [1.29, 1.82) is 0 Å². The topological polar surface area (TPSA) is 152 Å². The number of hydrogen-bond donors (Lipinski definition) is 4. The molecule has 4 aromatic rings. The van der Waals surface area contributed by atoms with Crippen molar-refractivity contribution < 1.29 is 4.79 Å². The number of aromatic nitrogens is 5. The molecule has 32 heavy (non-hydrogen) atoms. The van der Waals surface area contributed by atoms with Crippen LogP contribution in [0, 0.1) is 0 Å². The first kappa shape index (κ1) is 20.8. The Balaban J connectivity index is 1.51. The van der Waals surface area contributed by atoms with E-state index >= 15 is 0 Å². The zero-order chi connectivity index (χ0) is 22.7. The zero-order valence-electron chi connectivity index (χ0n) is 17.2. The summed E-state index contributed by atoms with van der Waals surface area (Å²) in [6, 6.07) is 13.0. The third kappa shape index (κ3) is 4.48. The summed E-state index contributed by atoms with van der Waals surface area (Å²) in [6.45, 7) is 2.35. The number of nitrogens with two attached hydrogens (primary N) is 1. The second-order valence-corrected chi connectivity index (χ2v) is 7.27. The van der Waals surface area contributed by atoms with Gasteiger partial charge in [0, 0.05) is 18.0 Å². The summed E-state index contributed by atoms with van der Waals surface area (Å²) in [5.41, 5.74) is 7.01. The number of nitrogens with zero attached hydrogens (tertiary/aromatic N) is 3. The van der Waals surface area contributed by atoms with Crippen molar-refractivity contribution in [1.82, 2.24) is 30.0 Å². The predicted octanol–water partition coefficient (Wildman–Crippen LogP) is 1.44. The molecule has 0 aliphatic heterocycles. The van der Waals surface area contributed by atoms with Crippen LogP contribution in [0.15, 0.2) is 70.6 Å². The van der Waals surface area contributed by atoms with Gasteiger partial charge in [0.05, 0.1) is 24.5 Å². The van der Waals surface area contributed by atoms with Gasteiger partial charge in [0.1, 0.15) is 11.4 Å². The molecular formula is C22H21N7O3. The first-order valence-corrected chi connectivity index (χ1v) is 9.86. The normalized spacial score (nSPS) is 11.8. The van der Waals surface area contributed by atoms with Gasteiger partial charge >= 0.3 is 5.69 Å². The summed E-state index contributed by atoms with van der Waals surface area (Å²) < 4.78 is 1.81. The third-order valence-corrected chi connectivity index (χ3v) is 4.96. The molecule has 4 rings (SSSR count). The number of carbonyl (C=O) groups excluding carboxylic acids is 1. The van der Waals surface area contributed by atoms with Crippen LogP contribution in [0.1, 0.15) is 34.7 Å². The van der Waals surface area contributed by atoms with Gasteiger partial charge in [0.2, 0.25) is 0 Å². The Morgan fingerprint density at radius 1 is 1.16 bits per heavy atom. The van der Waals surface area contributed by atoms with Crippen molar-refractivity contribution in [3.8, 4) is 11.1 Å². The van der Waals surface area contributed by atoms with Gasteiger partial charge in [-0.25, -0.2) is 4.79 Å².